The van der Waals surface area contributed by atoms with Gasteiger partial charge in [0.25, 0.3) is 0 Å². The number of carbonyl (C=O) groups is 2. The summed E-state index contributed by atoms with van der Waals surface area (Å²) in [6.45, 7) is 1.84. The van der Waals surface area contributed by atoms with Crippen LogP contribution in [0.15, 0.2) is 58.9 Å². The van der Waals surface area contributed by atoms with Crippen LogP contribution in [-0.2, 0) is 4.79 Å². The zero-order valence-electron chi connectivity index (χ0n) is 15.5. The van der Waals surface area contributed by atoms with Crippen molar-refractivity contribution in [1.82, 2.24) is 10.3 Å². The van der Waals surface area contributed by atoms with Crippen LogP contribution in [0.1, 0.15) is 27.9 Å². The van der Waals surface area contributed by atoms with Crippen LogP contribution >= 0.6 is 23.4 Å². The smallest absolute Gasteiger partial charge is 0.240 e. The lowest BCUT2D eigenvalue weighted by molar-refractivity contribution is -0.118. The van der Waals surface area contributed by atoms with E-state index in [0.717, 1.165) is 22.0 Å². The van der Waals surface area contributed by atoms with Crippen molar-refractivity contribution in [3.05, 3.63) is 70.4 Å². The van der Waals surface area contributed by atoms with Gasteiger partial charge in [-0.25, -0.2) is 0 Å². The Balaban J connectivity index is 1.42. The average molecular weight is 425 g/mol. The fourth-order valence-corrected chi connectivity index (χ4v) is 4.08. The lowest BCUT2D eigenvalue weighted by Crippen LogP contribution is -2.26. The third-order valence-corrected chi connectivity index (χ3v) is 6.09. The molecular formula is C21H17ClN4O2S. The molecule has 1 amide bonds. The zero-order chi connectivity index (χ0) is 20.4. The number of fused-ring (bicyclic) bond motifs is 1. The van der Waals surface area contributed by atoms with Gasteiger partial charge >= 0.3 is 0 Å². The van der Waals surface area contributed by atoms with Crippen molar-refractivity contribution in [3.8, 4) is 0 Å². The molecule has 0 aliphatic carbocycles. The van der Waals surface area contributed by atoms with Crippen molar-refractivity contribution in [2.45, 2.75) is 18.6 Å². The van der Waals surface area contributed by atoms with Crippen molar-refractivity contribution < 1.29 is 9.59 Å². The second-order valence-corrected chi connectivity index (χ2v) is 8.22. The molecule has 2 heterocycles. The molecule has 1 unspecified atom stereocenters. The molecule has 1 aromatic heterocycles. The van der Waals surface area contributed by atoms with Crippen LogP contribution in [0.2, 0.25) is 5.02 Å². The summed E-state index contributed by atoms with van der Waals surface area (Å²) < 4.78 is 0. The number of benzene rings is 2. The second kappa shape index (κ2) is 8.23. The molecular weight excluding hydrogens is 408 g/mol. The molecule has 4 rings (SSSR count). The van der Waals surface area contributed by atoms with Crippen LogP contribution < -0.4 is 5.32 Å². The zero-order valence-corrected chi connectivity index (χ0v) is 17.1. The van der Waals surface area contributed by atoms with Gasteiger partial charge in [-0.3, -0.25) is 9.59 Å². The summed E-state index contributed by atoms with van der Waals surface area (Å²) in [5, 5.41) is 12.4. The maximum atomic E-state index is 12.5. The van der Waals surface area contributed by atoms with Crippen molar-refractivity contribution >= 4 is 57.3 Å². The number of nitrogens with zero attached hydrogens (tertiary/aromatic N) is 2. The summed E-state index contributed by atoms with van der Waals surface area (Å²) in [6.07, 6.45) is 3.57. The minimum atomic E-state index is -0.527. The third kappa shape index (κ3) is 4.26. The molecule has 1 atom stereocenters. The number of ketones is 1. The van der Waals surface area contributed by atoms with Crippen molar-refractivity contribution in [2.24, 2.45) is 10.2 Å². The average Bonchev–Trinajstić information content (AvgIpc) is 3.27. The first-order valence-corrected chi connectivity index (χ1v) is 10.2. The summed E-state index contributed by atoms with van der Waals surface area (Å²) >= 11 is 7.22. The molecule has 0 bridgehead atoms. The lowest BCUT2D eigenvalue weighted by Gasteiger charge is -2.06. The first-order chi connectivity index (χ1) is 14.0. The highest BCUT2D eigenvalue weighted by Gasteiger charge is 2.32. The second-order valence-electron chi connectivity index (χ2n) is 6.63. The van der Waals surface area contributed by atoms with E-state index in [9.17, 15) is 9.59 Å². The summed E-state index contributed by atoms with van der Waals surface area (Å²) in [5.74, 6) is -0.351. The molecule has 6 nitrogen and oxygen atoms in total. The van der Waals surface area contributed by atoms with E-state index in [4.69, 9.17) is 11.6 Å². The summed E-state index contributed by atoms with van der Waals surface area (Å²) in [5.41, 5.74) is 3.29. The minimum absolute atomic E-state index is 0.0861. The summed E-state index contributed by atoms with van der Waals surface area (Å²) in [6, 6.07) is 13.0. The van der Waals surface area contributed by atoms with Gasteiger partial charge in [0.05, 0.1) is 11.5 Å². The first-order valence-electron chi connectivity index (χ1n) is 8.95. The number of thioether (sulfide) groups is 1. The molecule has 3 aromatic rings. The van der Waals surface area contributed by atoms with E-state index in [1.165, 1.54) is 11.8 Å². The molecule has 2 N–H and O–H groups in total. The number of aryl methyl sites for hydroxylation is 1. The SMILES string of the molecule is Cc1cc(C(=O)CC2S/C(=N\N=C\c3c[nH]c4ccccc34)NC2=O)ccc1Cl. The van der Waals surface area contributed by atoms with Crippen LogP contribution in [0, 0.1) is 6.92 Å². The van der Waals surface area contributed by atoms with E-state index < -0.39 is 5.25 Å². The largest absolute Gasteiger partial charge is 0.361 e. The third-order valence-electron chi connectivity index (χ3n) is 4.59. The minimum Gasteiger partial charge on any atom is -0.361 e. The molecule has 1 fully saturated rings. The Morgan fingerprint density at radius 1 is 1.28 bits per heavy atom. The number of hydrogen-bond acceptors (Lipinski definition) is 5. The summed E-state index contributed by atoms with van der Waals surface area (Å²) in [7, 11) is 0. The van der Waals surface area contributed by atoms with E-state index in [0.29, 0.717) is 15.8 Å². The number of hydrogen-bond donors (Lipinski definition) is 2. The van der Waals surface area contributed by atoms with E-state index in [-0.39, 0.29) is 18.1 Å². The molecule has 2 aromatic carbocycles. The number of rotatable bonds is 5. The van der Waals surface area contributed by atoms with Gasteiger partial charge in [0.2, 0.25) is 5.91 Å². The number of Topliss-reactive ketones (excluding diaryl/α,β-unsaturated/α-hetero) is 1. The number of H-pyrrole nitrogens is 1. The maximum absolute atomic E-state index is 12.5. The molecule has 1 aliphatic rings. The normalized spacial score (nSPS) is 18.1. The van der Waals surface area contributed by atoms with Gasteiger partial charge in [-0.2, -0.15) is 5.10 Å². The quantitative estimate of drug-likeness (QED) is 0.363. The predicted molar refractivity (Wildman–Crippen MR) is 118 cm³/mol. The highest BCUT2D eigenvalue weighted by molar-refractivity contribution is 8.15. The fraction of sp³-hybridized carbons (Fsp3) is 0.143. The Kier molecular flexibility index (Phi) is 5.51. The fourth-order valence-electron chi connectivity index (χ4n) is 3.04. The lowest BCUT2D eigenvalue weighted by atomic mass is 10.0. The topological polar surface area (TPSA) is 86.7 Å². The molecule has 1 saturated heterocycles. The van der Waals surface area contributed by atoms with Crippen molar-refractivity contribution in [3.63, 3.8) is 0 Å². The van der Waals surface area contributed by atoms with Gasteiger partial charge < -0.3 is 10.3 Å². The molecule has 8 heteroatoms. The number of carbonyl (C=O) groups excluding carboxylic acids is 2. The number of para-hydroxylation sites is 1. The van der Waals surface area contributed by atoms with Gasteiger partial charge in [0.1, 0.15) is 0 Å². The van der Waals surface area contributed by atoms with Gasteiger partial charge in [-0.05, 0) is 36.8 Å². The van der Waals surface area contributed by atoms with E-state index in [2.05, 4.69) is 20.5 Å². The Hall–Kier alpha value is -2.90. The Morgan fingerprint density at radius 3 is 2.93 bits per heavy atom. The van der Waals surface area contributed by atoms with Gasteiger partial charge in [0.15, 0.2) is 11.0 Å². The number of halogens is 1. The maximum Gasteiger partial charge on any atom is 0.240 e. The van der Waals surface area contributed by atoms with Gasteiger partial charge in [-0.15, -0.1) is 5.10 Å². The van der Waals surface area contributed by atoms with E-state index >= 15 is 0 Å². The number of nitrogens with one attached hydrogen (secondary N) is 2. The van der Waals surface area contributed by atoms with Gasteiger partial charge in [0, 0.05) is 39.7 Å². The Labute approximate surface area is 176 Å². The predicted octanol–water partition coefficient (Wildman–Crippen LogP) is 4.32. The molecule has 29 heavy (non-hydrogen) atoms. The molecule has 1 aliphatic heterocycles. The molecule has 146 valence electrons. The number of amides is 1. The first kappa shape index (κ1) is 19.4. The molecule has 0 saturated carbocycles. The van der Waals surface area contributed by atoms with Crippen molar-refractivity contribution in [1.29, 1.82) is 0 Å². The van der Waals surface area contributed by atoms with Crippen LogP contribution in [-0.4, -0.2) is 33.3 Å². The van der Waals surface area contributed by atoms with E-state index in [1.807, 2.05) is 37.4 Å². The van der Waals surface area contributed by atoms with Crippen LogP contribution in [0.5, 0.6) is 0 Å². The Morgan fingerprint density at radius 2 is 2.10 bits per heavy atom. The van der Waals surface area contributed by atoms with Gasteiger partial charge in [-0.1, -0.05) is 41.6 Å². The highest BCUT2D eigenvalue weighted by atomic mass is 35.5. The Bertz CT molecular complexity index is 1170. The number of amidine groups is 1. The van der Waals surface area contributed by atoms with Crippen LogP contribution in [0.4, 0.5) is 0 Å². The van der Waals surface area contributed by atoms with Crippen molar-refractivity contribution in [2.75, 3.05) is 0 Å². The summed E-state index contributed by atoms with van der Waals surface area (Å²) in [4.78, 5) is 27.9. The molecule has 0 radical (unpaired) electrons. The van der Waals surface area contributed by atoms with E-state index in [1.54, 1.807) is 24.4 Å². The highest BCUT2D eigenvalue weighted by Crippen LogP contribution is 2.25. The standard InChI is InChI=1S/C21H17ClN4O2S/c1-12-8-13(6-7-16(12)22)18(27)9-19-20(28)25-21(29-19)26-24-11-14-10-23-17-5-3-2-4-15(14)17/h2-8,10-11,19,23H,9H2,1H3,(H,25,26,28)/b24-11+. The number of aromatic nitrogens is 1. The monoisotopic (exact) mass is 424 g/mol. The molecule has 0 spiro atoms. The number of aromatic amines is 1. The van der Waals surface area contributed by atoms with Crippen LogP contribution in [0.3, 0.4) is 0 Å². The van der Waals surface area contributed by atoms with Crippen LogP contribution in [0.25, 0.3) is 10.9 Å².